The summed E-state index contributed by atoms with van der Waals surface area (Å²) in [6.45, 7) is 3.06. The number of methoxy groups -OCH3 is 1. The van der Waals surface area contributed by atoms with E-state index in [9.17, 15) is 13.2 Å². The van der Waals surface area contributed by atoms with Gasteiger partial charge in [0.2, 0.25) is 5.91 Å². The van der Waals surface area contributed by atoms with E-state index >= 15 is 0 Å². The Balaban J connectivity index is 2.07. The zero-order valence-corrected chi connectivity index (χ0v) is 15.1. The Labute approximate surface area is 144 Å². The number of benzene rings is 1. The summed E-state index contributed by atoms with van der Waals surface area (Å²) in [5.41, 5.74) is 2.11. The molecular weight excluding hydrogens is 326 g/mol. The van der Waals surface area contributed by atoms with Crippen LogP contribution < -0.4 is 0 Å². The summed E-state index contributed by atoms with van der Waals surface area (Å²) in [4.78, 5) is 14.3. The second kappa shape index (κ2) is 8.44. The number of hydrogen-bond acceptors (Lipinski definition) is 4. The minimum Gasteiger partial charge on any atom is -0.385 e. The van der Waals surface area contributed by atoms with Crippen LogP contribution in [0.1, 0.15) is 24.0 Å². The third-order valence-corrected chi connectivity index (χ3v) is 5.93. The van der Waals surface area contributed by atoms with Crippen LogP contribution in [0.5, 0.6) is 0 Å². The topological polar surface area (TPSA) is 63.7 Å². The molecule has 1 aliphatic heterocycles. The van der Waals surface area contributed by atoms with E-state index in [1.165, 1.54) is 6.08 Å². The molecule has 1 atom stereocenters. The molecule has 1 saturated heterocycles. The number of carbonyl (C=O) groups excluding carboxylic acids is 1. The van der Waals surface area contributed by atoms with E-state index in [1.54, 1.807) is 18.1 Å². The number of nitrogens with zero attached hydrogens (tertiary/aromatic N) is 1. The number of aryl methyl sites for hydroxylation is 1. The number of amides is 1. The van der Waals surface area contributed by atoms with Crippen LogP contribution in [0.4, 0.5) is 0 Å². The molecule has 1 aromatic rings. The first kappa shape index (κ1) is 18.7. The van der Waals surface area contributed by atoms with E-state index in [0.717, 1.165) is 11.1 Å². The Morgan fingerprint density at radius 1 is 1.33 bits per heavy atom. The third-order valence-electron chi connectivity index (χ3n) is 4.18. The van der Waals surface area contributed by atoms with Gasteiger partial charge in [0.1, 0.15) is 0 Å². The van der Waals surface area contributed by atoms with Crippen molar-refractivity contribution in [3.8, 4) is 0 Å². The summed E-state index contributed by atoms with van der Waals surface area (Å²) in [5, 5.41) is 0. The van der Waals surface area contributed by atoms with Crippen LogP contribution >= 0.6 is 0 Å². The molecule has 0 radical (unpaired) electrons. The fourth-order valence-electron chi connectivity index (χ4n) is 2.81. The molecule has 1 aliphatic rings. The largest absolute Gasteiger partial charge is 0.385 e. The van der Waals surface area contributed by atoms with E-state index in [2.05, 4.69) is 0 Å². The van der Waals surface area contributed by atoms with Gasteiger partial charge in [-0.05, 0) is 31.4 Å². The zero-order valence-electron chi connectivity index (χ0n) is 14.3. The lowest BCUT2D eigenvalue weighted by Gasteiger charge is -2.27. The highest BCUT2D eigenvalue weighted by Gasteiger charge is 2.33. The van der Waals surface area contributed by atoms with Gasteiger partial charge in [-0.2, -0.15) is 0 Å². The number of hydrogen-bond donors (Lipinski definition) is 0. The number of rotatable bonds is 7. The van der Waals surface area contributed by atoms with Crippen LogP contribution in [0.15, 0.2) is 30.3 Å². The first-order chi connectivity index (χ1) is 11.4. The predicted octanol–water partition coefficient (Wildman–Crippen LogP) is 2.06. The van der Waals surface area contributed by atoms with Crippen LogP contribution in [0, 0.1) is 6.92 Å². The summed E-state index contributed by atoms with van der Waals surface area (Å²) in [6, 6.07) is 7.65. The molecular formula is C18H25NO4S. The van der Waals surface area contributed by atoms with Crippen molar-refractivity contribution in [2.45, 2.75) is 25.8 Å². The average molecular weight is 351 g/mol. The third kappa shape index (κ3) is 5.46. The van der Waals surface area contributed by atoms with Crippen LogP contribution in [-0.4, -0.2) is 57.0 Å². The van der Waals surface area contributed by atoms with Gasteiger partial charge >= 0.3 is 0 Å². The summed E-state index contributed by atoms with van der Waals surface area (Å²) in [5.74, 6) is 0.0751. The highest BCUT2D eigenvalue weighted by molar-refractivity contribution is 7.91. The smallest absolute Gasteiger partial charge is 0.246 e. The quantitative estimate of drug-likeness (QED) is 0.557. The Hall–Kier alpha value is -1.66. The van der Waals surface area contributed by atoms with Gasteiger partial charge in [0.25, 0.3) is 0 Å². The summed E-state index contributed by atoms with van der Waals surface area (Å²) < 4.78 is 28.5. The summed E-state index contributed by atoms with van der Waals surface area (Å²) in [7, 11) is -1.41. The van der Waals surface area contributed by atoms with Crippen LogP contribution in [0.3, 0.4) is 0 Å². The van der Waals surface area contributed by atoms with Gasteiger partial charge in [0, 0.05) is 32.4 Å². The molecule has 0 aromatic heterocycles. The van der Waals surface area contributed by atoms with E-state index in [-0.39, 0.29) is 23.5 Å². The van der Waals surface area contributed by atoms with Crippen molar-refractivity contribution in [2.75, 3.05) is 31.8 Å². The van der Waals surface area contributed by atoms with Crippen molar-refractivity contribution >= 4 is 21.8 Å². The lowest BCUT2D eigenvalue weighted by Crippen LogP contribution is -2.41. The van der Waals surface area contributed by atoms with Crippen LogP contribution in [0.25, 0.3) is 6.08 Å². The lowest BCUT2D eigenvalue weighted by atomic mass is 10.1. The number of carbonyl (C=O) groups is 1. The number of sulfone groups is 1. The molecule has 0 bridgehead atoms. The van der Waals surface area contributed by atoms with Crippen molar-refractivity contribution in [1.82, 2.24) is 4.90 Å². The second-order valence-electron chi connectivity index (χ2n) is 6.18. The minimum absolute atomic E-state index is 0.0596. The second-order valence-corrected chi connectivity index (χ2v) is 8.41. The molecule has 0 spiro atoms. The maximum absolute atomic E-state index is 12.6. The SMILES string of the molecule is COCCCN(C(=O)/C=C/c1ccc(C)cc1)C1CCS(=O)(=O)C1. The summed E-state index contributed by atoms with van der Waals surface area (Å²) >= 11 is 0. The molecule has 1 heterocycles. The molecule has 1 unspecified atom stereocenters. The van der Waals surface area contributed by atoms with E-state index in [0.29, 0.717) is 26.0 Å². The van der Waals surface area contributed by atoms with Gasteiger partial charge in [0.05, 0.1) is 11.5 Å². The van der Waals surface area contributed by atoms with E-state index in [1.807, 2.05) is 31.2 Å². The first-order valence-electron chi connectivity index (χ1n) is 8.16. The Morgan fingerprint density at radius 2 is 2.04 bits per heavy atom. The Kier molecular flexibility index (Phi) is 6.57. The van der Waals surface area contributed by atoms with Gasteiger partial charge in [-0.25, -0.2) is 8.42 Å². The molecule has 24 heavy (non-hydrogen) atoms. The van der Waals surface area contributed by atoms with Crippen molar-refractivity contribution in [1.29, 1.82) is 0 Å². The molecule has 1 aromatic carbocycles. The fraction of sp³-hybridized carbons (Fsp3) is 0.500. The van der Waals surface area contributed by atoms with Crippen molar-refractivity contribution in [3.05, 3.63) is 41.5 Å². The Bertz CT molecular complexity index is 679. The fourth-order valence-corrected chi connectivity index (χ4v) is 4.54. The summed E-state index contributed by atoms with van der Waals surface area (Å²) in [6.07, 6.45) is 4.51. The molecule has 132 valence electrons. The normalized spacial score (nSPS) is 19.7. The van der Waals surface area contributed by atoms with Gasteiger partial charge in [0.15, 0.2) is 9.84 Å². The predicted molar refractivity (Wildman–Crippen MR) is 95.5 cm³/mol. The van der Waals surface area contributed by atoms with Crippen molar-refractivity contribution in [3.63, 3.8) is 0 Å². The molecule has 1 amide bonds. The van der Waals surface area contributed by atoms with E-state index in [4.69, 9.17) is 4.74 Å². The molecule has 2 rings (SSSR count). The Morgan fingerprint density at radius 3 is 2.62 bits per heavy atom. The molecule has 0 N–H and O–H groups in total. The van der Waals surface area contributed by atoms with Gasteiger partial charge in [-0.1, -0.05) is 29.8 Å². The van der Waals surface area contributed by atoms with Crippen molar-refractivity contribution in [2.24, 2.45) is 0 Å². The average Bonchev–Trinajstić information content (AvgIpc) is 2.90. The molecule has 5 nitrogen and oxygen atoms in total. The molecule has 1 fully saturated rings. The highest BCUT2D eigenvalue weighted by atomic mass is 32.2. The maximum atomic E-state index is 12.6. The van der Waals surface area contributed by atoms with Crippen LogP contribution in [-0.2, 0) is 19.4 Å². The highest BCUT2D eigenvalue weighted by Crippen LogP contribution is 2.19. The first-order valence-corrected chi connectivity index (χ1v) is 9.98. The van der Waals surface area contributed by atoms with Gasteiger partial charge in [-0.3, -0.25) is 4.79 Å². The lowest BCUT2D eigenvalue weighted by molar-refractivity contribution is -0.127. The molecule has 0 aliphatic carbocycles. The maximum Gasteiger partial charge on any atom is 0.246 e. The van der Waals surface area contributed by atoms with Gasteiger partial charge in [-0.15, -0.1) is 0 Å². The minimum atomic E-state index is -3.03. The van der Waals surface area contributed by atoms with E-state index < -0.39 is 9.84 Å². The standard InChI is InChI=1S/C18H25NO4S/c1-15-4-6-16(7-5-15)8-9-18(20)19(11-3-12-23-2)17-10-13-24(21,22)14-17/h4-9,17H,3,10-14H2,1-2H3/b9-8+. The zero-order chi connectivity index (χ0) is 17.6. The molecule has 6 heteroatoms. The van der Waals surface area contributed by atoms with Gasteiger partial charge < -0.3 is 9.64 Å². The molecule has 0 saturated carbocycles. The monoisotopic (exact) mass is 351 g/mol. The van der Waals surface area contributed by atoms with Crippen LogP contribution in [0.2, 0.25) is 0 Å². The number of ether oxygens (including phenoxy) is 1. The van der Waals surface area contributed by atoms with Crippen molar-refractivity contribution < 1.29 is 17.9 Å².